The molecule has 1 aromatic heterocycles. The average molecular weight is 342 g/mol. The normalized spacial score (nSPS) is 19.8. The second-order valence-corrected chi connectivity index (χ2v) is 6.00. The lowest BCUT2D eigenvalue weighted by Gasteiger charge is -2.22. The standard InChI is InChI=1S/C17H18N4O4/c1-11-10-13(20-25-11)18-14(22)8-9-21-15(23)17(2,19-16(21)24)12-6-4-3-5-7-12/h3-7,10H,8-9H2,1-2H3,(H,19,24)(H,18,20,22). The van der Waals surface area contributed by atoms with Crippen LogP contribution in [-0.2, 0) is 15.1 Å². The summed E-state index contributed by atoms with van der Waals surface area (Å²) in [6.45, 7) is 3.34. The van der Waals surface area contributed by atoms with Crippen molar-refractivity contribution in [1.82, 2.24) is 15.4 Å². The summed E-state index contributed by atoms with van der Waals surface area (Å²) in [5.41, 5.74) is -0.434. The van der Waals surface area contributed by atoms with Crippen molar-refractivity contribution in [3.8, 4) is 0 Å². The number of nitrogens with one attached hydrogen (secondary N) is 2. The smallest absolute Gasteiger partial charge is 0.325 e. The van der Waals surface area contributed by atoms with Crippen molar-refractivity contribution in [3.63, 3.8) is 0 Å². The van der Waals surface area contributed by atoms with Crippen molar-refractivity contribution >= 4 is 23.7 Å². The van der Waals surface area contributed by atoms with E-state index >= 15 is 0 Å². The summed E-state index contributed by atoms with van der Waals surface area (Å²) in [6.07, 6.45) is -0.0318. The highest BCUT2D eigenvalue weighted by molar-refractivity contribution is 6.07. The Morgan fingerprint density at radius 1 is 1.32 bits per heavy atom. The zero-order chi connectivity index (χ0) is 18.0. The first kappa shape index (κ1) is 16.7. The Labute approximate surface area is 144 Å². The van der Waals surface area contributed by atoms with Crippen molar-refractivity contribution in [3.05, 3.63) is 47.7 Å². The summed E-state index contributed by atoms with van der Waals surface area (Å²) in [5.74, 6) is 0.132. The van der Waals surface area contributed by atoms with Gasteiger partial charge in [-0.2, -0.15) is 0 Å². The van der Waals surface area contributed by atoms with Gasteiger partial charge in [0.25, 0.3) is 5.91 Å². The number of amides is 4. The summed E-state index contributed by atoms with van der Waals surface area (Å²) in [7, 11) is 0. The molecule has 130 valence electrons. The fourth-order valence-electron chi connectivity index (χ4n) is 2.71. The Bertz CT molecular complexity index is 817. The van der Waals surface area contributed by atoms with E-state index in [4.69, 9.17) is 4.52 Å². The first-order valence-electron chi connectivity index (χ1n) is 7.83. The van der Waals surface area contributed by atoms with Gasteiger partial charge < -0.3 is 15.2 Å². The number of hydrogen-bond donors (Lipinski definition) is 2. The van der Waals surface area contributed by atoms with Gasteiger partial charge in [0.2, 0.25) is 5.91 Å². The van der Waals surface area contributed by atoms with Crippen LogP contribution in [0.15, 0.2) is 40.9 Å². The van der Waals surface area contributed by atoms with Crippen molar-refractivity contribution in [2.24, 2.45) is 0 Å². The summed E-state index contributed by atoms with van der Waals surface area (Å²) < 4.78 is 4.86. The van der Waals surface area contributed by atoms with Gasteiger partial charge in [-0.1, -0.05) is 35.5 Å². The Hall–Kier alpha value is -3.16. The van der Waals surface area contributed by atoms with E-state index in [1.54, 1.807) is 44.2 Å². The fourth-order valence-corrected chi connectivity index (χ4v) is 2.71. The monoisotopic (exact) mass is 342 g/mol. The van der Waals surface area contributed by atoms with Gasteiger partial charge in [0.1, 0.15) is 11.3 Å². The molecule has 8 nitrogen and oxygen atoms in total. The van der Waals surface area contributed by atoms with Gasteiger partial charge in [0, 0.05) is 19.0 Å². The number of anilines is 1. The van der Waals surface area contributed by atoms with E-state index in [0.29, 0.717) is 17.1 Å². The molecule has 1 saturated heterocycles. The quantitative estimate of drug-likeness (QED) is 0.806. The number of imide groups is 1. The van der Waals surface area contributed by atoms with Crippen LogP contribution in [0.3, 0.4) is 0 Å². The fraction of sp³-hybridized carbons (Fsp3) is 0.294. The van der Waals surface area contributed by atoms with Crippen LogP contribution in [0.2, 0.25) is 0 Å². The van der Waals surface area contributed by atoms with Crippen LogP contribution in [0.25, 0.3) is 0 Å². The third-order valence-electron chi connectivity index (χ3n) is 4.08. The van der Waals surface area contributed by atoms with Crippen molar-refractivity contribution < 1.29 is 18.9 Å². The molecule has 1 unspecified atom stereocenters. The van der Waals surface area contributed by atoms with Gasteiger partial charge in [-0.15, -0.1) is 0 Å². The summed E-state index contributed by atoms with van der Waals surface area (Å²) in [4.78, 5) is 37.9. The molecule has 0 spiro atoms. The van der Waals surface area contributed by atoms with Gasteiger partial charge in [-0.05, 0) is 19.4 Å². The molecule has 1 aliphatic rings. The van der Waals surface area contributed by atoms with Crippen molar-refractivity contribution in [2.45, 2.75) is 25.8 Å². The summed E-state index contributed by atoms with van der Waals surface area (Å²) in [5, 5.41) is 8.92. The molecule has 3 rings (SSSR count). The molecule has 4 amide bonds. The Morgan fingerprint density at radius 3 is 2.68 bits per heavy atom. The van der Waals surface area contributed by atoms with E-state index in [1.165, 1.54) is 0 Å². The van der Waals surface area contributed by atoms with Gasteiger partial charge in [0.05, 0.1) is 0 Å². The Balaban J connectivity index is 1.64. The number of nitrogens with zero attached hydrogens (tertiary/aromatic N) is 2. The highest BCUT2D eigenvalue weighted by Crippen LogP contribution is 2.28. The lowest BCUT2D eigenvalue weighted by atomic mass is 9.92. The second-order valence-electron chi connectivity index (χ2n) is 6.00. The molecule has 0 bridgehead atoms. The second kappa shape index (κ2) is 6.39. The molecule has 1 aliphatic heterocycles. The highest BCUT2D eigenvalue weighted by Gasteiger charge is 2.48. The Kier molecular flexibility index (Phi) is 4.26. The molecular weight excluding hydrogens is 324 g/mol. The number of aryl methyl sites for hydroxylation is 1. The van der Waals surface area contributed by atoms with Gasteiger partial charge in [-0.3, -0.25) is 14.5 Å². The van der Waals surface area contributed by atoms with Crippen LogP contribution in [0.1, 0.15) is 24.7 Å². The van der Waals surface area contributed by atoms with Crippen LogP contribution in [0.5, 0.6) is 0 Å². The lowest BCUT2D eigenvalue weighted by molar-refractivity contribution is -0.131. The van der Waals surface area contributed by atoms with E-state index in [1.807, 2.05) is 6.07 Å². The number of carbonyl (C=O) groups excluding carboxylic acids is 3. The number of benzene rings is 1. The van der Waals surface area contributed by atoms with Crippen LogP contribution in [-0.4, -0.2) is 34.4 Å². The molecule has 2 N–H and O–H groups in total. The first-order valence-corrected chi connectivity index (χ1v) is 7.83. The number of rotatable bonds is 5. The molecule has 1 atom stereocenters. The highest BCUT2D eigenvalue weighted by atomic mass is 16.5. The third-order valence-corrected chi connectivity index (χ3v) is 4.08. The molecule has 2 aromatic rings. The van der Waals surface area contributed by atoms with Crippen LogP contribution < -0.4 is 10.6 Å². The van der Waals surface area contributed by atoms with E-state index in [2.05, 4.69) is 15.8 Å². The maximum atomic E-state index is 12.7. The van der Waals surface area contributed by atoms with Crippen LogP contribution in [0, 0.1) is 6.92 Å². The molecular formula is C17H18N4O4. The van der Waals surface area contributed by atoms with Crippen LogP contribution >= 0.6 is 0 Å². The zero-order valence-corrected chi connectivity index (χ0v) is 13.9. The molecule has 1 aromatic carbocycles. The predicted molar refractivity (Wildman–Crippen MR) is 88.5 cm³/mol. The maximum Gasteiger partial charge on any atom is 0.325 e. The average Bonchev–Trinajstić information content (AvgIpc) is 3.09. The largest absolute Gasteiger partial charge is 0.360 e. The van der Waals surface area contributed by atoms with Gasteiger partial charge in [0.15, 0.2) is 5.82 Å². The minimum absolute atomic E-state index is 0.0181. The Morgan fingerprint density at radius 2 is 2.04 bits per heavy atom. The predicted octanol–water partition coefficient (Wildman–Crippen LogP) is 1.78. The number of urea groups is 1. The SMILES string of the molecule is Cc1cc(NC(=O)CCN2C(=O)NC(C)(c3ccccc3)C2=O)no1. The third kappa shape index (κ3) is 3.23. The molecule has 8 heteroatoms. The summed E-state index contributed by atoms with van der Waals surface area (Å²) >= 11 is 0. The minimum Gasteiger partial charge on any atom is -0.360 e. The van der Waals surface area contributed by atoms with Crippen molar-refractivity contribution in [1.29, 1.82) is 0 Å². The molecule has 1 fully saturated rings. The number of aromatic nitrogens is 1. The van der Waals surface area contributed by atoms with Crippen LogP contribution in [0.4, 0.5) is 10.6 Å². The van der Waals surface area contributed by atoms with E-state index in [0.717, 1.165) is 4.90 Å². The number of carbonyl (C=O) groups is 3. The molecule has 2 heterocycles. The van der Waals surface area contributed by atoms with Crippen molar-refractivity contribution in [2.75, 3.05) is 11.9 Å². The molecule has 25 heavy (non-hydrogen) atoms. The van der Waals surface area contributed by atoms with E-state index in [9.17, 15) is 14.4 Å². The first-order chi connectivity index (χ1) is 11.9. The minimum atomic E-state index is -1.13. The lowest BCUT2D eigenvalue weighted by Crippen LogP contribution is -2.41. The molecule has 0 saturated carbocycles. The zero-order valence-electron chi connectivity index (χ0n) is 13.9. The molecule has 0 radical (unpaired) electrons. The molecule has 0 aliphatic carbocycles. The summed E-state index contributed by atoms with van der Waals surface area (Å²) in [6, 6.07) is 10.1. The number of hydrogen-bond acceptors (Lipinski definition) is 5. The van der Waals surface area contributed by atoms with Gasteiger partial charge >= 0.3 is 6.03 Å². The maximum absolute atomic E-state index is 12.7. The van der Waals surface area contributed by atoms with E-state index in [-0.39, 0.29) is 24.8 Å². The van der Waals surface area contributed by atoms with E-state index < -0.39 is 11.6 Å². The van der Waals surface area contributed by atoms with Gasteiger partial charge in [-0.25, -0.2) is 4.79 Å². The topological polar surface area (TPSA) is 105 Å².